The number of hydrogen-bond donors (Lipinski definition) is 1. The molecule has 1 aromatic carbocycles. The lowest BCUT2D eigenvalue weighted by molar-refractivity contribution is 0.0979. The third-order valence-electron chi connectivity index (χ3n) is 3.43. The van der Waals surface area contributed by atoms with Crippen molar-refractivity contribution in [3.63, 3.8) is 0 Å². The lowest BCUT2D eigenvalue weighted by atomic mass is 10.2. The van der Waals surface area contributed by atoms with Crippen molar-refractivity contribution in [3.8, 4) is 0 Å². The fourth-order valence-corrected chi connectivity index (χ4v) is 3.50. The maximum atomic E-state index is 12.4. The van der Waals surface area contributed by atoms with Gasteiger partial charge in [-0.15, -0.1) is 0 Å². The van der Waals surface area contributed by atoms with Crippen LogP contribution in [0.25, 0.3) is 0 Å². The van der Waals surface area contributed by atoms with Gasteiger partial charge in [0.2, 0.25) is 10.0 Å². The van der Waals surface area contributed by atoms with E-state index < -0.39 is 10.0 Å². The normalized spacial score (nSPS) is 19.4. The molecule has 1 N–H and O–H groups in total. The third kappa shape index (κ3) is 3.50. The van der Waals surface area contributed by atoms with E-state index >= 15 is 0 Å². The van der Waals surface area contributed by atoms with Crippen LogP contribution in [0.2, 0.25) is 0 Å². The quantitative estimate of drug-likeness (QED) is 0.871. The number of benzene rings is 1. The van der Waals surface area contributed by atoms with Crippen LogP contribution in [0.15, 0.2) is 29.2 Å². The van der Waals surface area contributed by atoms with Crippen LogP contribution < -0.4 is 5.32 Å². The van der Waals surface area contributed by atoms with Gasteiger partial charge in [-0.25, -0.2) is 8.42 Å². The Morgan fingerprint density at radius 1 is 1.35 bits per heavy atom. The van der Waals surface area contributed by atoms with E-state index in [1.807, 2.05) is 6.92 Å². The molecule has 1 fully saturated rings. The Bertz CT molecular complexity index is 522. The zero-order valence-electron chi connectivity index (χ0n) is 12.0. The molecule has 20 heavy (non-hydrogen) atoms. The van der Waals surface area contributed by atoms with E-state index in [4.69, 9.17) is 4.74 Å². The average Bonchev–Trinajstić information content (AvgIpc) is 2.92. The zero-order valence-corrected chi connectivity index (χ0v) is 12.8. The molecule has 0 bridgehead atoms. The first-order valence-corrected chi connectivity index (χ1v) is 8.40. The molecular weight excluding hydrogens is 276 g/mol. The summed E-state index contributed by atoms with van der Waals surface area (Å²) in [6, 6.07) is 6.85. The molecule has 1 saturated heterocycles. The highest BCUT2D eigenvalue weighted by Gasteiger charge is 2.25. The van der Waals surface area contributed by atoms with Gasteiger partial charge in [-0.05, 0) is 44.0 Å². The Morgan fingerprint density at radius 2 is 2.05 bits per heavy atom. The second-order valence-electron chi connectivity index (χ2n) is 4.98. The van der Waals surface area contributed by atoms with E-state index in [9.17, 15) is 8.42 Å². The monoisotopic (exact) mass is 298 g/mol. The van der Waals surface area contributed by atoms with E-state index in [0.29, 0.717) is 11.4 Å². The molecule has 5 nitrogen and oxygen atoms in total. The van der Waals surface area contributed by atoms with Crippen LogP contribution in [0.1, 0.15) is 19.8 Å². The first kappa shape index (κ1) is 15.3. The molecule has 1 atom stereocenters. The molecule has 0 aromatic heterocycles. The highest BCUT2D eigenvalue weighted by molar-refractivity contribution is 7.89. The van der Waals surface area contributed by atoms with Crippen LogP contribution in [-0.2, 0) is 14.8 Å². The molecular formula is C14H22N2O3S. The topological polar surface area (TPSA) is 58.6 Å². The molecule has 0 amide bonds. The van der Waals surface area contributed by atoms with E-state index in [1.54, 1.807) is 31.3 Å². The maximum Gasteiger partial charge on any atom is 0.242 e. The minimum Gasteiger partial charge on any atom is -0.385 e. The van der Waals surface area contributed by atoms with Crippen LogP contribution in [0, 0.1) is 0 Å². The second kappa shape index (κ2) is 6.56. The number of anilines is 1. The number of likely N-dealkylation sites (N-methyl/N-ethyl adjacent to an activating group) is 1. The molecule has 0 aliphatic carbocycles. The van der Waals surface area contributed by atoms with Gasteiger partial charge in [0, 0.05) is 32.4 Å². The van der Waals surface area contributed by atoms with Crippen molar-refractivity contribution in [2.75, 3.05) is 32.1 Å². The molecule has 112 valence electrons. The number of rotatable bonds is 6. The predicted octanol–water partition coefficient (Wildman–Crippen LogP) is 1.92. The molecule has 1 heterocycles. The number of hydrogen-bond acceptors (Lipinski definition) is 4. The van der Waals surface area contributed by atoms with Crippen molar-refractivity contribution in [2.45, 2.75) is 30.8 Å². The Balaban J connectivity index is 2.07. The van der Waals surface area contributed by atoms with Gasteiger partial charge in [0.1, 0.15) is 0 Å². The summed E-state index contributed by atoms with van der Waals surface area (Å²) in [4.78, 5) is 0.319. The van der Waals surface area contributed by atoms with Gasteiger partial charge in [0.25, 0.3) is 0 Å². The Morgan fingerprint density at radius 3 is 2.60 bits per heavy atom. The summed E-state index contributed by atoms with van der Waals surface area (Å²) in [6.07, 6.45) is 1.96. The highest BCUT2D eigenvalue weighted by atomic mass is 32.2. The summed E-state index contributed by atoms with van der Waals surface area (Å²) in [7, 11) is -1.83. The fraction of sp³-hybridized carbons (Fsp3) is 0.571. The summed E-state index contributed by atoms with van der Waals surface area (Å²) >= 11 is 0. The minimum atomic E-state index is -3.43. The summed E-state index contributed by atoms with van der Waals surface area (Å²) in [5.74, 6) is 0. The summed E-state index contributed by atoms with van der Waals surface area (Å²) in [6.45, 7) is 3.96. The SMILES string of the molecule is CCNc1ccc(S(=O)(=O)N(C)CC2CCCO2)cc1. The zero-order chi connectivity index (χ0) is 14.6. The molecule has 1 aromatic rings. The van der Waals surface area contributed by atoms with Gasteiger partial charge in [-0.3, -0.25) is 0 Å². The maximum absolute atomic E-state index is 12.4. The standard InChI is InChI=1S/C14H22N2O3S/c1-3-15-12-6-8-14(9-7-12)20(17,18)16(2)11-13-5-4-10-19-13/h6-9,13,15H,3-5,10-11H2,1-2H3. The van der Waals surface area contributed by atoms with Gasteiger partial charge in [0.05, 0.1) is 11.0 Å². The van der Waals surface area contributed by atoms with Crippen molar-refractivity contribution in [2.24, 2.45) is 0 Å². The summed E-state index contributed by atoms with van der Waals surface area (Å²) < 4.78 is 31.7. The Labute approximate surface area is 121 Å². The van der Waals surface area contributed by atoms with E-state index in [-0.39, 0.29) is 6.10 Å². The molecule has 1 aliphatic rings. The van der Waals surface area contributed by atoms with Gasteiger partial charge < -0.3 is 10.1 Å². The lowest BCUT2D eigenvalue weighted by Gasteiger charge is -2.20. The van der Waals surface area contributed by atoms with Crippen LogP contribution in [-0.4, -0.2) is 45.6 Å². The fourth-order valence-electron chi connectivity index (χ4n) is 2.30. The van der Waals surface area contributed by atoms with Crippen molar-refractivity contribution in [1.29, 1.82) is 0 Å². The van der Waals surface area contributed by atoms with Crippen molar-refractivity contribution < 1.29 is 13.2 Å². The van der Waals surface area contributed by atoms with E-state index in [1.165, 1.54) is 4.31 Å². The molecule has 1 aliphatic heterocycles. The molecule has 1 unspecified atom stereocenters. The first-order valence-electron chi connectivity index (χ1n) is 6.96. The minimum absolute atomic E-state index is 0.0239. The largest absolute Gasteiger partial charge is 0.385 e. The van der Waals surface area contributed by atoms with Crippen LogP contribution in [0.4, 0.5) is 5.69 Å². The molecule has 0 saturated carbocycles. The Kier molecular flexibility index (Phi) is 5.01. The molecule has 0 spiro atoms. The van der Waals surface area contributed by atoms with Gasteiger partial charge in [-0.1, -0.05) is 0 Å². The van der Waals surface area contributed by atoms with E-state index in [2.05, 4.69) is 5.32 Å². The van der Waals surface area contributed by atoms with Gasteiger partial charge >= 0.3 is 0 Å². The average molecular weight is 298 g/mol. The summed E-state index contributed by atoms with van der Waals surface area (Å²) in [5.41, 5.74) is 0.924. The molecule has 2 rings (SSSR count). The first-order chi connectivity index (χ1) is 9.54. The number of sulfonamides is 1. The number of nitrogens with one attached hydrogen (secondary N) is 1. The van der Waals surface area contributed by atoms with Gasteiger partial charge in [0.15, 0.2) is 0 Å². The Hall–Kier alpha value is -1.11. The highest BCUT2D eigenvalue weighted by Crippen LogP contribution is 2.20. The van der Waals surface area contributed by atoms with Crippen molar-refractivity contribution in [1.82, 2.24) is 4.31 Å². The van der Waals surface area contributed by atoms with Gasteiger partial charge in [-0.2, -0.15) is 4.31 Å². The van der Waals surface area contributed by atoms with Crippen LogP contribution in [0.3, 0.4) is 0 Å². The van der Waals surface area contributed by atoms with E-state index in [0.717, 1.165) is 31.7 Å². The third-order valence-corrected chi connectivity index (χ3v) is 5.27. The predicted molar refractivity (Wildman–Crippen MR) is 79.4 cm³/mol. The smallest absolute Gasteiger partial charge is 0.242 e. The summed E-state index contributed by atoms with van der Waals surface area (Å²) in [5, 5.41) is 3.15. The van der Waals surface area contributed by atoms with Crippen LogP contribution >= 0.6 is 0 Å². The number of nitrogens with zero attached hydrogens (tertiary/aromatic N) is 1. The van der Waals surface area contributed by atoms with Crippen molar-refractivity contribution in [3.05, 3.63) is 24.3 Å². The lowest BCUT2D eigenvalue weighted by Crippen LogP contribution is -2.34. The number of ether oxygens (including phenoxy) is 1. The second-order valence-corrected chi connectivity index (χ2v) is 7.02. The van der Waals surface area contributed by atoms with Crippen molar-refractivity contribution >= 4 is 15.7 Å². The molecule has 0 radical (unpaired) electrons. The van der Waals surface area contributed by atoms with Crippen LogP contribution in [0.5, 0.6) is 0 Å². The molecule has 6 heteroatoms.